The van der Waals surface area contributed by atoms with Gasteiger partial charge in [0.1, 0.15) is 6.08 Å². The second-order valence-corrected chi connectivity index (χ2v) is 2.72. The van der Waals surface area contributed by atoms with Crippen LogP contribution in [0.3, 0.4) is 0 Å². The summed E-state index contributed by atoms with van der Waals surface area (Å²) in [5.74, 6) is -5.64. The van der Waals surface area contributed by atoms with Gasteiger partial charge in [-0.05, 0) is 15.9 Å². The van der Waals surface area contributed by atoms with Crippen LogP contribution in [0.4, 0.5) is 52.7 Å². The van der Waals surface area contributed by atoms with Crippen molar-refractivity contribution in [2.24, 2.45) is 0 Å². The first-order valence-electron chi connectivity index (χ1n) is 3.97. The van der Waals surface area contributed by atoms with Crippen molar-refractivity contribution in [1.29, 1.82) is 0 Å². The van der Waals surface area contributed by atoms with Gasteiger partial charge in [0.25, 0.3) is 0 Å². The number of hydrogen-bond acceptors (Lipinski definition) is 0. The number of halogens is 14. The Hall–Kier alpha value is 0.846. The Balaban J connectivity index is -0.0000000526. The van der Waals surface area contributed by atoms with E-state index in [0.29, 0.717) is 0 Å². The van der Waals surface area contributed by atoms with Crippen molar-refractivity contribution in [3.63, 3.8) is 0 Å². The van der Waals surface area contributed by atoms with Gasteiger partial charge in [0, 0.05) is 19.5 Å². The van der Waals surface area contributed by atoms with Gasteiger partial charge in [0.2, 0.25) is 16.4 Å². The van der Waals surface area contributed by atoms with Crippen molar-refractivity contribution in [3.05, 3.63) is 47.0 Å². The van der Waals surface area contributed by atoms with E-state index in [1.165, 1.54) is 16.3 Å². The second kappa shape index (κ2) is 27.1. The molecule has 0 aliphatic rings. The molecule has 0 aliphatic heterocycles. The van der Waals surface area contributed by atoms with Gasteiger partial charge in [-0.25, -0.2) is 15.1 Å². The maximum absolute atomic E-state index is 11.4. The van der Waals surface area contributed by atoms with Crippen LogP contribution in [0.15, 0.2) is 40.7 Å². The van der Waals surface area contributed by atoms with Crippen LogP contribution in [0, 0.1) is 6.33 Å². The van der Waals surface area contributed by atoms with Crippen molar-refractivity contribution >= 4 is 29.6 Å². The van der Waals surface area contributed by atoms with Gasteiger partial charge in [-0.1, -0.05) is 0 Å². The summed E-state index contributed by atoms with van der Waals surface area (Å²) in [7, 11) is 0. The van der Waals surface area contributed by atoms with E-state index in [2.05, 4.69) is 13.6 Å². The van der Waals surface area contributed by atoms with Gasteiger partial charge in [-0.2, -0.15) is 39.5 Å². The molecule has 0 unspecified atom stereocenters. The predicted molar refractivity (Wildman–Crippen MR) is 59.0 cm³/mol. The van der Waals surface area contributed by atoms with Crippen LogP contribution in [-0.4, -0.2) is 0 Å². The molecule has 0 aromatic rings. The van der Waals surface area contributed by atoms with Crippen LogP contribution in [0.2, 0.25) is 0 Å². The van der Waals surface area contributed by atoms with Crippen molar-refractivity contribution in [2.75, 3.05) is 0 Å². The third kappa shape index (κ3) is 36.5. The van der Waals surface area contributed by atoms with E-state index >= 15 is 0 Å². The summed E-state index contributed by atoms with van der Waals surface area (Å²) in [6.45, 7) is 0. The molecule has 0 aromatic carbocycles. The Bertz CT molecular complexity index is 402. The average Bonchev–Trinajstić information content (AvgIpc) is 2.48. The minimum atomic E-state index is -3.11. The molecule has 0 atom stereocenters. The normalized spacial score (nSPS) is 7.20. The van der Waals surface area contributed by atoms with Crippen molar-refractivity contribution in [3.8, 4) is 0 Å². The molecule has 0 nitrogen and oxygen atoms in total. The molecule has 0 fully saturated rings. The Kier molecular flexibility index (Phi) is 43.9. The first-order chi connectivity index (χ1) is 10.4. The van der Waals surface area contributed by atoms with E-state index < -0.39 is 40.7 Å². The molecule has 0 N–H and O–H groups in total. The van der Waals surface area contributed by atoms with Crippen LogP contribution < -0.4 is 0 Å². The summed E-state index contributed by atoms with van der Waals surface area (Å²) in [5, 5.41) is 0. The fraction of sp³-hybridized carbons (Fsp3) is 0. The topological polar surface area (TPSA) is 0 Å². The molecule has 0 aromatic heterocycles. The van der Waals surface area contributed by atoms with Crippen molar-refractivity contribution in [2.45, 2.75) is 0 Å². The Morgan fingerprint density at radius 2 is 0.800 bits per heavy atom. The largest absolute Gasteiger partial charge is 0 e. The quantitative estimate of drug-likeness (QED) is 0.115. The zero-order valence-electron chi connectivity index (χ0n) is 11.1. The number of allylic oxidation sites excluding steroid dienone is 2. The van der Waals surface area contributed by atoms with E-state index in [1.54, 1.807) is 0 Å². The molecule has 1 radical (unpaired) electrons. The molecule has 0 rings (SSSR count). The molecular weight excluding hydrogens is 670 g/mol. The van der Waals surface area contributed by atoms with Gasteiger partial charge in [0.05, 0.1) is 0 Å². The summed E-state index contributed by atoms with van der Waals surface area (Å²) in [6, 6.07) is 0. The van der Waals surface area contributed by atoms with E-state index in [-0.39, 0.29) is 42.9 Å². The standard InChI is InChI=1S/C4F6.C2BrF3.C2F3.BrH.Fe.2Zn/c5-1(3(7)8)2(6)4(9)10;3-1(4)2(5)6;3-1-2(4)5;;;;/h;;;1H;;;/q;;-1;;+3;;+2/p-1. The van der Waals surface area contributed by atoms with Crippen LogP contribution in [0.25, 0.3) is 0 Å². The van der Waals surface area contributed by atoms with Crippen LogP contribution in [0.5, 0.6) is 0 Å². The first-order valence-corrected chi connectivity index (χ1v) is 11.7. The SMILES string of the molecule is FC(F)=C(F)Br.FC(F)=C(F)C(F)=C(F)F.F[C-]=C(F)F.[Fe+3].[Zn+][Br].[Zn]. The average molecular weight is 670 g/mol. The number of hydrogen-bond donors (Lipinski definition) is 0. The molecule has 0 saturated carbocycles. The van der Waals surface area contributed by atoms with Gasteiger partial charge in [0.15, 0.2) is 0 Å². The maximum Gasteiger partial charge on any atom is 0 e. The third-order valence-electron chi connectivity index (χ3n) is 0.739. The van der Waals surface area contributed by atoms with Crippen LogP contribution in [0.1, 0.15) is 0 Å². The van der Waals surface area contributed by atoms with Crippen LogP contribution in [-0.2, 0) is 52.9 Å². The molecule has 0 aliphatic carbocycles. The minimum absolute atomic E-state index is 0. The number of rotatable bonds is 1. The monoisotopic (exact) mass is 666 g/mol. The summed E-state index contributed by atoms with van der Waals surface area (Å²) in [5.41, 5.74) is 0. The third-order valence-corrected chi connectivity index (χ3v) is 1.04. The molecule has 17 heteroatoms. The van der Waals surface area contributed by atoms with E-state index in [0.717, 1.165) is 0 Å². The molecule has 0 saturated heterocycles. The van der Waals surface area contributed by atoms with E-state index in [9.17, 15) is 52.7 Å². The van der Waals surface area contributed by atoms with E-state index in [4.69, 9.17) is 0 Å². The second-order valence-electron chi connectivity index (χ2n) is 2.02. The zero-order chi connectivity index (χ0) is 19.7. The fourth-order valence-electron chi connectivity index (χ4n) is 0.166. The molecule has 139 valence electrons. The van der Waals surface area contributed by atoms with Crippen LogP contribution >= 0.6 is 29.6 Å². The Morgan fingerprint density at radius 1 is 0.640 bits per heavy atom. The fourth-order valence-corrected chi connectivity index (χ4v) is 0.166. The summed E-state index contributed by atoms with van der Waals surface area (Å²) < 4.78 is 127. The van der Waals surface area contributed by atoms with Gasteiger partial charge < -0.3 is 4.39 Å². The Labute approximate surface area is 181 Å². The predicted octanol–water partition coefficient (Wildman–Crippen LogP) is 7.89. The molecule has 0 bridgehead atoms. The van der Waals surface area contributed by atoms with Gasteiger partial charge in [-0.3, -0.25) is 0 Å². The molecule has 0 spiro atoms. The van der Waals surface area contributed by atoms with Gasteiger partial charge in [-0.15, -0.1) is 0 Å². The van der Waals surface area contributed by atoms with Gasteiger partial charge >= 0.3 is 65.3 Å². The van der Waals surface area contributed by atoms with Crippen molar-refractivity contribution < 1.29 is 106 Å². The first kappa shape index (κ1) is 40.5. The molecular formula is C8Br2F12FeZn2+3. The molecule has 0 heterocycles. The zero-order valence-corrected chi connectivity index (χ0v) is 21.3. The Morgan fingerprint density at radius 3 is 0.840 bits per heavy atom. The maximum atomic E-state index is 11.4. The summed E-state index contributed by atoms with van der Waals surface area (Å²) in [4.78, 5) is 0. The molecule has 25 heavy (non-hydrogen) atoms. The smallest absolute Gasteiger partial charge is 0 e. The van der Waals surface area contributed by atoms with Crippen molar-refractivity contribution in [1.82, 2.24) is 0 Å². The van der Waals surface area contributed by atoms with E-state index in [1.807, 2.05) is 15.9 Å². The summed E-state index contributed by atoms with van der Waals surface area (Å²) >= 11 is 6.15. The molecule has 0 amide bonds. The minimum Gasteiger partial charge on any atom is 0 e. The summed E-state index contributed by atoms with van der Waals surface area (Å²) in [6.07, 6.45) is -10.8.